The van der Waals surface area contributed by atoms with Crippen molar-refractivity contribution in [2.24, 2.45) is 5.73 Å². The number of benzene rings is 1. The highest BCUT2D eigenvalue weighted by atomic mass is 79.9. The molecule has 80 valence electrons. The van der Waals surface area contributed by atoms with Crippen molar-refractivity contribution in [2.75, 3.05) is 5.06 Å². The van der Waals surface area contributed by atoms with E-state index in [1.165, 1.54) is 12.1 Å². The molecule has 0 fully saturated rings. The lowest BCUT2D eigenvalue weighted by molar-refractivity contribution is -0.758. The van der Waals surface area contributed by atoms with E-state index < -0.39 is 11.0 Å². The van der Waals surface area contributed by atoms with Crippen LogP contribution in [0.1, 0.15) is 0 Å². The van der Waals surface area contributed by atoms with Crippen LogP contribution in [0.5, 0.6) is 0 Å². The zero-order chi connectivity index (χ0) is 11.4. The number of hydrogen-bond donors (Lipinski definition) is 2. The average Bonchev–Trinajstić information content (AvgIpc) is 2.15. The summed E-state index contributed by atoms with van der Waals surface area (Å²) in [6.45, 7) is 0. The van der Waals surface area contributed by atoms with E-state index in [0.717, 1.165) is 4.47 Å². The summed E-state index contributed by atoms with van der Waals surface area (Å²) in [7, 11) is 0. The second kappa shape index (κ2) is 4.60. The van der Waals surface area contributed by atoms with Gasteiger partial charge in [-0.25, -0.2) is 0 Å². The molecular formula is C7H7BrN4O3. The molecule has 0 amide bonds. The number of guanidine groups is 1. The quantitative estimate of drug-likeness (QED) is 0.374. The molecule has 8 heteroatoms. The first kappa shape index (κ1) is 11.2. The summed E-state index contributed by atoms with van der Waals surface area (Å²) in [4.78, 5) is 14.3. The maximum absolute atomic E-state index is 10.1. The van der Waals surface area contributed by atoms with Gasteiger partial charge in [0.05, 0.1) is 5.69 Å². The number of nitrogens with one attached hydrogen (secondary N) is 1. The molecule has 0 unspecified atom stereocenters. The lowest BCUT2D eigenvalue weighted by Crippen LogP contribution is -2.38. The molecule has 0 aliphatic carbocycles. The zero-order valence-electron chi connectivity index (χ0n) is 7.38. The Morgan fingerprint density at radius 1 is 1.53 bits per heavy atom. The molecule has 3 N–H and O–H groups in total. The SMILES string of the molecule is N=C(N)N(O[N+](=O)[O-])c1ccc(Br)cc1. The van der Waals surface area contributed by atoms with Gasteiger partial charge in [0, 0.05) is 4.47 Å². The Morgan fingerprint density at radius 3 is 2.47 bits per heavy atom. The molecule has 0 atom stereocenters. The minimum atomic E-state index is -1.04. The summed E-state index contributed by atoms with van der Waals surface area (Å²) in [6, 6.07) is 6.34. The van der Waals surface area contributed by atoms with Gasteiger partial charge in [0.2, 0.25) is 5.96 Å². The summed E-state index contributed by atoms with van der Waals surface area (Å²) in [5.74, 6) is -0.575. The van der Waals surface area contributed by atoms with E-state index in [2.05, 4.69) is 20.9 Å². The van der Waals surface area contributed by atoms with Gasteiger partial charge in [-0.2, -0.15) is 4.94 Å². The van der Waals surface area contributed by atoms with Crippen LogP contribution in [0.2, 0.25) is 0 Å². The van der Waals surface area contributed by atoms with Gasteiger partial charge in [0.1, 0.15) is 0 Å². The molecule has 0 saturated heterocycles. The van der Waals surface area contributed by atoms with E-state index in [0.29, 0.717) is 10.8 Å². The van der Waals surface area contributed by atoms with Crippen LogP contribution in [0.3, 0.4) is 0 Å². The molecule has 15 heavy (non-hydrogen) atoms. The molecule has 1 rings (SSSR count). The first-order valence-corrected chi connectivity index (χ1v) is 4.52. The van der Waals surface area contributed by atoms with Gasteiger partial charge >= 0.3 is 5.09 Å². The van der Waals surface area contributed by atoms with Crippen LogP contribution in [0.25, 0.3) is 0 Å². The first-order chi connectivity index (χ1) is 7.00. The summed E-state index contributed by atoms with van der Waals surface area (Å²) in [5, 5.41) is 16.8. The monoisotopic (exact) mass is 274 g/mol. The molecule has 7 nitrogen and oxygen atoms in total. The third-order valence-corrected chi connectivity index (χ3v) is 1.96. The average molecular weight is 275 g/mol. The maximum Gasteiger partial charge on any atom is 0.317 e. The Balaban J connectivity index is 2.94. The van der Waals surface area contributed by atoms with Gasteiger partial charge in [0.25, 0.3) is 0 Å². The van der Waals surface area contributed by atoms with Crippen LogP contribution in [-0.4, -0.2) is 11.0 Å². The lowest BCUT2D eigenvalue weighted by atomic mass is 10.3. The molecule has 0 saturated carbocycles. The largest absolute Gasteiger partial charge is 0.368 e. The predicted octanol–water partition coefficient (Wildman–Crippen LogP) is 1.27. The number of hydroxylamine groups is 1. The van der Waals surface area contributed by atoms with Crippen molar-refractivity contribution in [3.05, 3.63) is 38.9 Å². The second-order valence-corrected chi connectivity index (χ2v) is 3.38. The highest BCUT2D eigenvalue weighted by Crippen LogP contribution is 2.18. The van der Waals surface area contributed by atoms with Crippen LogP contribution in [-0.2, 0) is 4.94 Å². The topological polar surface area (TPSA) is 105 Å². The number of anilines is 1. The van der Waals surface area contributed by atoms with E-state index in [-0.39, 0.29) is 0 Å². The molecule has 0 radical (unpaired) electrons. The smallest absolute Gasteiger partial charge is 0.317 e. The van der Waals surface area contributed by atoms with Gasteiger partial charge < -0.3 is 5.73 Å². The highest BCUT2D eigenvalue weighted by molar-refractivity contribution is 9.10. The summed E-state index contributed by atoms with van der Waals surface area (Å²) in [6.07, 6.45) is 0. The Labute approximate surface area is 93.1 Å². The van der Waals surface area contributed by atoms with E-state index in [4.69, 9.17) is 11.1 Å². The van der Waals surface area contributed by atoms with E-state index in [9.17, 15) is 10.1 Å². The Hall–Kier alpha value is -1.83. The fourth-order valence-electron chi connectivity index (χ4n) is 0.873. The standard InChI is InChI=1S/C7H7BrN4O3/c8-5-1-3-6(4-2-5)11(7(9)10)15-12(13)14/h1-4H,(H3,9,10). The summed E-state index contributed by atoms with van der Waals surface area (Å²) in [5.41, 5.74) is 5.42. The van der Waals surface area contributed by atoms with Crippen LogP contribution < -0.4 is 10.8 Å². The minimum Gasteiger partial charge on any atom is -0.368 e. The lowest BCUT2D eigenvalue weighted by Gasteiger charge is -2.17. The Bertz CT molecular complexity index is 380. The van der Waals surface area contributed by atoms with Crippen molar-refractivity contribution in [3.63, 3.8) is 0 Å². The molecule has 0 heterocycles. The van der Waals surface area contributed by atoms with Crippen molar-refractivity contribution in [1.82, 2.24) is 0 Å². The van der Waals surface area contributed by atoms with Gasteiger partial charge in [-0.15, -0.1) is 15.2 Å². The number of rotatable bonds is 3. The van der Waals surface area contributed by atoms with Crippen LogP contribution in [0.15, 0.2) is 28.7 Å². The summed E-state index contributed by atoms with van der Waals surface area (Å²) < 4.78 is 0.802. The third kappa shape index (κ3) is 3.09. The predicted molar refractivity (Wildman–Crippen MR) is 56.6 cm³/mol. The molecule has 0 aliphatic heterocycles. The van der Waals surface area contributed by atoms with Gasteiger partial charge in [0.15, 0.2) is 0 Å². The molecule has 1 aromatic rings. The molecule has 0 bridgehead atoms. The fraction of sp³-hybridized carbons (Fsp3) is 0. The normalized spacial score (nSPS) is 9.40. The van der Waals surface area contributed by atoms with Crippen LogP contribution in [0.4, 0.5) is 5.69 Å². The summed E-state index contributed by atoms with van der Waals surface area (Å²) >= 11 is 3.20. The van der Waals surface area contributed by atoms with Gasteiger partial charge in [-0.1, -0.05) is 15.9 Å². The Kier molecular flexibility index (Phi) is 3.45. The fourth-order valence-corrected chi connectivity index (χ4v) is 1.14. The van der Waals surface area contributed by atoms with Crippen molar-refractivity contribution in [1.29, 1.82) is 5.41 Å². The number of nitrogens with two attached hydrogens (primary N) is 1. The number of nitrogens with zero attached hydrogens (tertiary/aromatic N) is 2. The highest BCUT2D eigenvalue weighted by Gasteiger charge is 2.13. The van der Waals surface area contributed by atoms with Crippen LogP contribution in [0, 0.1) is 15.5 Å². The van der Waals surface area contributed by atoms with Gasteiger partial charge in [-0.05, 0) is 24.3 Å². The van der Waals surface area contributed by atoms with Crippen molar-refractivity contribution in [2.45, 2.75) is 0 Å². The van der Waals surface area contributed by atoms with Crippen molar-refractivity contribution < 1.29 is 10.0 Å². The van der Waals surface area contributed by atoms with Crippen molar-refractivity contribution >= 4 is 27.6 Å². The Morgan fingerprint density at radius 2 is 2.07 bits per heavy atom. The van der Waals surface area contributed by atoms with Crippen LogP contribution >= 0.6 is 15.9 Å². The zero-order valence-corrected chi connectivity index (χ0v) is 8.97. The third-order valence-electron chi connectivity index (χ3n) is 1.43. The van der Waals surface area contributed by atoms with E-state index >= 15 is 0 Å². The molecule has 1 aromatic carbocycles. The molecular weight excluding hydrogens is 268 g/mol. The molecule has 0 aromatic heterocycles. The number of hydrogen-bond acceptors (Lipinski definition) is 4. The van der Waals surface area contributed by atoms with E-state index in [1.807, 2.05) is 0 Å². The molecule has 0 aliphatic rings. The molecule has 0 spiro atoms. The number of halogens is 1. The maximum atomic E-state index is 10.1. The second-order valence-electron chi connectivity index (χ2n) is 2.46. The minimum absolute atomic E-state index is 0.294. The van der Waals surface area contributed by atoms with E-state index in [1.54, 1.807) is 12.1 Å². The van der Waals surface area contributed by atoms with Crippen molar-refractivity contribution in [3.8, 4) is 0 Å². The first-order valence-electron chi connectivity index (χ1n) is 3.73. The van der Waals surface area contributed by atoms with Gasteiger partial charge in [-0.3, -0.25) is 5.41 Å².